The van der Waals surface area contributed by atoms with Crippen LogP contribution in [-0.2, 0) is 6.61 Å². The molecule has 0 spiro atoms. The molecular weight excluding hydrogens is 214 g/mol. The molecule has 3 aromatic rings. The largest absolute Gasteiger partial charge is 0.388 e. The number of nitrogens with zero attached hydrogens (tertiary/aromatic N) is 2. The van der Waals surface area contributed by atoms with Crippen LogP contribution in [0, 0.1) is 0 Å². The molecule has 84 valence electrons. The Hall–Kier alpha value is -2.20. The topological polar surface area (TPSA) is 61.8 Å². The number of rotatable bonds is 2. The minimum atomic E-state index is -0.100. The van der Waals surface area contributed by atoms with Crippen LogP contribution in [0.25, 0.3) is 22.3 Å². The number of imidazole rings is 1. The summed E-state index contributed by atoms with van der Waals surface area (Å²) in [5, 5.41) is 9.00. The highest BCUT2D eigenvalue weighted by atomic mass is 16.3. The number of H-pyrrole nitrogens is 1. The molecule has 0 aliphatic carbocycles. The molecule has 2 aromatic heterocycles. The molecule has 0 radical (unpaired) electrons. The van der Waals surface area contributed by atoms with Crippen LogP contribution in [0.1, 0.15) is 5.82 Å². The van der Waals surface area contributed by atoms with Crippen molar-refractivity contribution in [1.82, 2.24) is 15.0 Å². The summed E-state index contributed by atoms with van der Waals surface area (Å²) in [4.78, 5) is 11.5. The summed E-state index contributed by atoms with van der Waals surface area (Å²) < 4.78 is 0. The van der Waals surface area contributed by atoms with Crippen LogP contribution in [0.4, 0.5) is 0 Å². The summed E-state index contributed by atoms with van der Waals surface area (Å²) in [6, 6.07) is 12.0. The number of hydrogen-bond acceptors (Lipinski definition) is 3. The van der Waals surface area contributed by atoms with Crippen LogP contribution in [0.2, 0.25) is 0 Å². The highest BCUT2D eigenvalue weighted by Crippen LogP contribution is 2.21. The van der Waals surface area contributed by atoms with Gasteiger partial charge in [0, 0.05) is 11.8 Å². The third-order valence-electron chi connectivity index (χ3n) is 2.64. The number of benzene rings is 1. The van der Waals surface area contributed by atoms with Gasteiger partial charge in [-0.3, -0.25) is 0 Å². The lowest BCUT2D eigenvalue weighted by atomic mass is 10.1. The predicted octanol–water partition coefficient (Wildman–Crippen LogP) is 2.12. The summed E-state index contributed by atoms with van der Waals surface area (Å²) in [7, 11) is 0. The van der Waals surface area contributed by atoms with Crippen LogP contribution in [0.3, 0.4) is 0 Å². The van der Waals surface area contributed by atoms with Gasteiger partial charge in [-0.2, -0.15) is 0 Å². The van der Waals surface area contributed by atoms with E-state index >= 15 is 0 Å². The molecule has 1 aromatic carbocycles. The lowest BCUT2D eigenvalue weighted by molar-refractivity contribution is 0.273. The number of nitrogens with one attached hydrogen (secondary N) is 1. The van der Waals surface area contributed by atoms with Gasteiger partial charge >= 0.3 is 0 Å². The molecule has 0 unspecified atom stereocenters. The molecule has 0 atom stereocenters. The van der Waals surface area contributed by atoms with Gasteiger partial charge < -0.3 is 10.1 Å². The van der Waals surface area contributed by atoms with Gasteiger partial charge in [-0.1, -0.05) is 30.3 Å². The average Bonchev–Trinajstić information content (AvgIpc) is 2.81. The van der Waals surface area contributed by atoms with Crippen molar-refractivity contribution in [2.75, 3.05) is 0 Å². The second-order valence-corrected chi connectivity index (χ2v) is 3.80. The Morgan fingerprint density at radius 3 is 2.71 bits per heavy atom. The van der Waals surface area contributed by atoms with Crippen molar-refractivity contribution in [1.29, 1.82) is 0 Å². The van der Waals surface area contributed by atoms with E-state index in [-0.39, 0.29) is 6.61 Å². The molecule has 17 heavy (non-hydrogen) atoms. The Morgan fingerprint density at radius 2 is 1.94 bits per heavy atom. The molecule has 0 aliphatic rings. The lowest BCUT2D eigenvalue weighted by Crippen LogP contribution is -1.83. The van der Waals surface area contributed by atoms with Crippen LogP contribution in [0.15, 0.2) is 42.6 Å². The van der Waals surface area contributed by atoms with Crippen LogP contribution in [0.5, 0.6) is 0 Å². The van der Waals surface area contributed by atoms with Gasteiger partial charge in [0.05, 0.1) is 5.52 Å². The Balaban J connectivity index is 2.13. The number of aliphatic hydroxyl groups excluding tert-OH is 1. The van der Waals surface area contributed by atoms with Crippen molar-refractivity contribution in [3.05, 3.63) is 48.4 Å². The molecule has 0 amide bonds. The Kier molecular flexibility index (Phi) is 2.34. The zero-order valence-corrected chi connectivity index (χ0v) is 9.09. The van der Waals surface area contributed by atoms with E-state index in [1.807, 2.05) is 36.4 Å². The van der Waals surface area contributed by atoms with Gasteiger partial charge in [0.15, 0.2) is 5.65 Å². The van der Waals surface area contributed by atoms with Gasteiger partial charge in [-0.05, 0) is 11.6 Å². The Bertz CT molecular complexity index is 646. The highest BCUT2D eigenvalue weighted by Gasteiger charge is 2.05. The molecule has 0 saturated carbocycles. The van der Waals surface area contributed by atoms with E-state index in [1.54, 1.807) is 6.20 Å². The van der Waals surface area contributed by atoms with Crippen molar-refractivity contribution in [2.24, 2.45) is 0 Å². The first kappa shape index (κ1) is 9.99. The first-order valence-corrected chi connectivity index (χ1v) is 5.38. The minimum Gasteiger partial charge on any atom is -0.388 e. The van der Waals surface area contributed by atoms with E-state index in [4.69, 9.17) is 5.11 Å². The number of aromatic nitrogens is 3. The minimum absolute atomic E-state index is 0.100. The summed E-state index contributed by atoms with van der Waals surface area (Å²) in [5.41, 5.74) is 3.62. The van der Waals surface area contributed by atoms with Crippen LogP contribution >= 0.6 is 0 Å². The van der Waals surface area contributed by atoms with E-state index in [0.29, 0.717) is 11.5 Å². The lowest BCUT2D eigenvalue weighted by Gasteiger charge is -1.99. The molecule has 3 rings (SSSR count). The zero-order chi connectivity index (χ0) is 11.7. The predicted molar refractivity (Wildman–Crippen MR) is 65.2 cm³/mol. The van der Waals surface area contributed by atoms with Crippen LogP contribution < -0.4 is 0 Å². The smallest absolute Gasteiger partial charge is 0.177 e. The fraction of sp³-hybridized carbons (Fsp3) is 0.0769. The van der Waals surface area contributed by atoms with E-state index < -0.39 is 0 Å². The molecule has 2 heterocycles. The second kappa shape index (κ2) is 3.99. The number of aliphatic hydroxyl groups is 1. The quantitative estimate of drug-likeness (QED) is 0.702. The maximum absolute atomic E-state index is 9.00. The van der Waals surface area contributed by atoms with Gasteiger partial charge in [-0.15, -0.1) is 0 Å². The molecule has 0 saturated heterocycles. The Morgan fingerprint density at radius 1 is 1.12 bits per heavy atom. The van der Waals surface area contributed by atoms with E-state index in [9.17, 15) is 0 Å². The first-order valence-electron chi connectivity index (χ1n) is 5.38. The molecular formula is C13H11N3O. The van der Waals surface area contributed by atoms with Crippen molar-refractivity contribution in [3.8, 4) is 11.1 Å². The van der Waals surface area contributed by atoms with Crippen molar-refractivity contribution < 1.29 is 5.11 Å². The highest BCUT2D eigenvalue weighted by molar-refractivity contribution is 5.77. The molecule has 2 N–H and O–H groups in total. The number of fused-ring (bicyclic) bond motifs is 1. The molecule has 4 nitrogen and oxygen atoms in total. The van der Waals surface area contributed by atoms with E-state index in [2.05, 4.69) is 15.0 Å². The standard InChI is InChI=1S/C13H11N3O/c17-8-12-15-11-6-10(7-14-13(11)16-12)9-4-2-1-3-5-9/h1-7,17H,8H2,(H,14,15,16). The third kappa shape index (κ3) is 1.79. The molecule has 0 fully saturated rings. The maximum atomic E-state index is 9.00. The van der Waals surface area contributed by atoms with Crippen molar-refractivity contribution in [2.45, 2.75) is 6.61 Å². The van der Waals surface area contributed by atoms with Gasteiger partial charge in [0.25, 0.3) is 0 Å². The fourth-order valence-electron chi connectivity index (χ4n) is 1.81. The molecule has 0 aliphatic heterocycles. The number of aromatic amines is 1. The summed E-state index contributed by atoms with van der Waals surface area (Å²) in [6.45, 7) is -0.100. The van der Waals surface area contributed by atoms with Gasteiger partial charge in [-0.25, -0.2) is 9.97 Å². The normalized spacial score (nSPS) is 10.9. The molecule has 4 heteroatoms. The third-order valence-corrected chi connectivity index (χ3v) is 2.64. The van der Waals surface area contributed by atoms with Crippen LogP contribution in [-0.4, -0.2) is 20.1 Å². The maximum Gasteiger partial charge on any atom is 0.177 e. The van der Waals surface area contributed by atoms with Crippen molar-refractivity contribution in [3.63, 3.8) is 0 Å². The summed E-state index contributed by atoms with van der Waals surface area (Å²) in [6.07, 6.45) is 1.79. The average molecular weight is 225 g/mol. The first-order chi connectivity index (χ1) is 8.36. The Labute approximate surface area is 98.0 Å². The van der Waals surface area contributed by atoms with Gasteiger partial charge in [0.1, 0.15) is 12.4 Å². The van der Waals surface area contributed by atoms with E-state index in [0.717, 1.165) is 16.6 Å². The van der Waals surface area contributed by atoms with Crippen molar-refractivity contribution >= 4 is 11.2 Å². The summed E-state index contributed by atoms with van der Waals surface area (Å²) in [5.74, 6) is 0.540. The zero-order valence-electron chi connectivity index (χ0n) is 9.09. The SMILES string of the molecule is OCc1nc2ncc(-c3ccccc3)cc2[nH]1. The van der Waals surface area contributed by atoms with Gasteiger partial charge in [0.2, 0.25) is 0 Å². The van der Waals surface area contributed by atoms with E-state index in [1.165, 1.54) is 0 Å². The number of pyridine rings is 1. The monoisotopic (exact) mass is 225 g/mol. The second-order valence-electron chi connectivity index (χ2n) is 3.80. The summed E-state index contributed by atoms with van der Waals surface area (Å²) >= 11 is 0. The fourth-order valence-corrected chi connectivity index (χ4v) is 1.81. The molecule has 0 bridgehead atoms. The number of hydrogen-bond donors (Lipinski definition) is 2.